The summed E-state index contributed by atoms with van der Waals surface area (Å²) >= 11 is 0. The minimum Gasteiger partial charge on any atom is -0.373 e. The molecule has 2 nitrogen and oxygen atoms in total. The highest BCUT2D eigenvalue weighted by Gasteiger charge is 2.21. The van der Waals surface area contributed by atoms with Crippen molar-refractivity contribution in [3.05, 3.63) is 35.9 Å². The Morgan fingerprint density at radius 3 is 2.67 bits per heavy atom. The van der Waals surface area contributed by atoms with Crippen molar-refractivity contribution >= 4 is 5.78 Å². The van der Waals surface area contributed by atoms with Crippen LogP contribution in [0.25, 0.3) is 0 Å². The van der Waals surface area contributed by atoms with Crippen LogP contribution in [0.2, 0.25) is 0 Å². The SMILES string of the molecule is O=C(CCCC[C@H]1CO1)c1ccccc1. The molecule has 0 aliphatic carbocycles. The molecule has 0 bridgehead atoms. The zero-order valence-electron chi connectivity index (χ0n) is 8.82. The molecule has 1 aliphatic rings. The quantitative estimate of drug-likeness (QED) is 0.405. The van der Waals surface area contributed by atoms with Gasteiger partial charge in [0.2, 0.25) is 0 Å². The molecule has 0 aromatic heterocycles. The standard InChI is InChI=1S/C13H16O2/c14-13(11-6-2-1-3-7-11)9-5-4-8-12-10-15-12/h1-3,6-7,12H,4-5,8-10H2/t12-/m0/s1. The third-order valence-corrected chi connectivity index (χ3v) is 2.68. The van der Waals surface area contributed by atoms with E-state index in [0.717, 1.165) is 31.4 Å². The first kappa shape index (κ1) is 10.4. The maximum absolute atomic E-state index is 11.7. The molecule has 2 heteroatoms. The third kappa shape index (κ3) is 3.48. The minimum atomic E-state index is 0.257. The van der Waals surface area contributed by atoms with Crippen LogP contribution in [0.5, 0.6) is 0 Å². The number of ketones is 1. The van der Waals surface area contributed by atoms with Crippen LogP contribution < -0.4 is 0 Å². The van der Waals surface area contributed by atoms with Gasteiger partial charge in [0.1, 0.15) is 0 Å². The van der Waals surface area contributed by atoms with Gasteiger partial charge in [-0.25, -0.2) is 0 Å². The molecule has 80 valence electrons. The van der Waals surface area contributed by atoms with Crippen LogP contribution in [0.4, 0.5) is 0 Å². The van der Waals surface area contributed by atoms with Crippen LogP contribution in [0.1, 0.15) is 36.0 Å². The number of hydrogen-bond acceptors (Lipinski definition) is 2. The Labute approximate surface area is 90.3 Å². The lowest BCUT2D eigenvalue weighted by Gasteiger charge is -2.00. The molecule has 1 heterocycles. The number of epoxide rings is 1. The molecule has 0 unspecified atom stereocenters. The van der Waals surface area contributed by atoms with Crippen LogP contribution in [0.3, 0.4) is 0 Å². The van der Waals surface area contributed by atoms with Crippen molar-refractivity contribution in [2.45, 2.75) is 31.8 Å². The lowest BCUT2D eigenvalue weighted by atomic mass is 10.0. The summed E-state index contributed by atoms with van der Waals surface area (Å²) in [5.41, 5.74) is 0.833. The smallest absolute Gasteiger partial charge is 0.162 e. The van der Waals surface area contributed by atoms with Gasteiger partial charge < -0.3 is 4.74 Å². The first-order chi connectivity index (χ1) is 7.36. The van der Waals surface area contributed by atoms with E-state index in [2.05, 4.69) is 0 Å². The average Bonchev–Trinajstić information content (AvgIpc) is 3.09. The number of carbonyl (C=O) groups is 1. The Balaban J connectivity index is 1.67. The molecule has 1 fully saturated rings. The number of ether oxygens (including phenoxy) is 1. The van der Waals surface area contributed by atoms with Crippen molar-refractivity contribution in [2.24, 2.45) is 0 Å². The lowest BCUT2D eigenvalue weighted by Crippen LogP contribution is -1.98. The van der Waals surface area contributed by atoms with E-state index in [9.17, 15) is 4.79 Å². The fraction of sp³-hybridized carbons (Fsp3) is 0.462. The van der Waals surface area contributed by atoms with E-state index < -0.39 is 0 Å². The monoisotopic (exact) mass is 204 g/mol. The average molecular weight is 204 g/mol. The van der Waals surface area contributed by atoms with E-state index in [0.29, 0.717) is 12.5 Å². The maximum Gasteiger partial charge on any atom is 0.162 e. The van der Waals surface area contributed by atoms with Crippen molar-refractivity contribution in [2.75, 3.05) is 6.61 Å². The zero-order valence-corrected chi connectivity index (χ0v) is 8.82. The maximum atomic E-state index is 11.7. The normalized spacial score (nSPS) is 18.8. The molecule has 1 aromatic rings. The highest BCUT2D eigenvalue weighted by molar-refractivity contribution is 5.95. The van der Waals surface area contributed by atoms with Gasteiger partial charge in [0.15, 0.2) is 5.78 Å². The summed E-state index contributed by atoms with van der Waals surface area (Å²) in [5.74, 6) is 0.257. The van der Waals surface area contributed by atoms with E-state index in [-0.39, 0.29) is 5.78 Å². The van der Waals surface area contributed by atoms with Gasteiger partial charge in [0, 0.05) is 12.0 Å². The Bertz CT molecular complexity index is 315. The predicted molar refractivity (Wildman–Crippen MR) is 59.0 cm³/mol. The van der Waals surface area contributed by atoms with Crippen molar-refractivity contribution in [1.29, 1.82) is 0 Å². The number of rotatable bonds is 6. The Morgan fingerprint density at radius 1 is 1.27 bits per heavy atom. The molecule has 0 radical (unpaired) electrons. The largest absolute Gasteiger partial charge is 0.373 e. The fourth-order valence-electron chi connectivity index (χ4n) is 1.66. The van der Waals surface area contributed by atoms with Gasteiger partial charge >= 0.3 is 0 Å². The number of unbranched alkanes of at least 4 members (excludes halogenated alkanes) is 1. The summed E-state index contributed by atoms with van der Waals surface area (Å²) < 4.78 is 5.12. The number of benzene rings is 1. The van der Waals surface area contributed by atoms with E-state index in [1.165, 1.54) is 0 Å². The van der Waals surface area contributed by atoms with E-state index in [4.69, 9.17) is 4.74 Å². The number of Topliss-reactive ketones (excluding diaryl/α,β-unsaturated/α-hetero) is 1. The van der Waals surface area contributed by atoms with Crippen LogP contribution in [0.15, 0.2) is 30.3 Å². The highest BCUT2D eigenvalue weighted by Crippen LogP contribution is 2.17. The molecule has 1 saturated heterocycles. The van der Waals surface area contributed by atoms with Crippen LogP contribution >= 0.6 is 0 Å². The van der Waals surface area contributed by atoms with Gasteiger partial charge in [0.25, 0.3) is 0 Å². The number of carbonyl (C=O) groups excluding carboxylic acids is 1. The van der Waals surface area contributed by atoms with Gasteiger partial charge in [0.05, 0.1) is 12.7 Å². The van der Waals surface area contributed by atoms with Gasteiger partial charge in [-0.15, -0.1) is 0 Å². The second-order valence-corrected chi connectivity index (χ2v) is 3.99. The van der Waals surface area contributed by atoms with Crippen molar-refractivity contribution in [3.63, 3.8) is 0 Å². The Hall–Kier alpha value is -1.15. The summed E-state index contributed by atoms with van der Waals surface area (Å²) in [6.07, 6.45) is 4.35. The molecule has 1 atom stereocenters. The van der Waals surface area contributed by atoms with Crippen molar-refractivity contribution in [3.8, 4) is 0 Å². The number of hydrogen-bond donors (Lipinski definition) is 0. The molecule has 0 saturated carbocycles. The molecule has 0 spiro atoms. The van der Waals surface area contributed by atoms with Crippen molar-refractivity contribution < 1.29 is 9.53 Å². The topological polar surface area (TPSA) is 29.6 Å². The summed E-state index contributed by atoms with van der Waals surface area (Å²) in [6, 6.07) is 9.51. The van der Waals surface area contributed by atoms with Crippen LogP contribution in [0, 0.1) is 0 Å². The lowest BCUT2D eigenvalue weighted by molar-refractivity contribution is 0.0979. The first-order valence-electron chi connectivity index (χ1n) is 5.56. The van der Waals surface area contributed by atoms with Gasteiger partial charge in [-0.2, -0.15) is 0 Å². The van der Waals surface area contributed by atoms with Crippen LogP contribution in [-0.4, -0.2) is 18.5 Å². The van der Waals surface area contributed by atoms with E-state index >= 15 is 0 Å². The third-order valence-electron chi connectivity index (χ3n) is 2.68. The molecular weight excluding hydrogens is 188 g/mol. The second kappa shape index (κ2) is 5.08. The van der Waals surface area contributed by atoms with Crippen LogP contribution in [-0.2, 0) is 4.74 Å². The first-order valence-corrected chi connectivity index (χ1v) is 5.56. The fourth-order valence-corrected chi connectivity index (χ4v) is 1.66. The molecule has 1 aromatic carbocycles. The highest BCUT2D eigenvalue weighted by atomic mass is 16.6. The minimum absolute atomic E-state index is 0.257. The predicted octanol–water partition coefficient (Wildman–Crippen LogP) is 2.83. The summed E-state index contributed by atoms with van der Waals surface area (Å²) in [7, 11) is 0. The summed E-state index contributed by atoms with van der Waals surface area (Å²) in [6.45, 7) is 0.923. The van der Waals surface area contributed by atoms with Crippen molar-refractivity contribution in [1.82, 2.24) is 0 Å². The van der Waals surface area contributed by atoms with Gasteiger partial charge in [-0.3, -0.25) is 4.79 Å². The van der Waals surface area contributed by atoms with E-state index in [1.54, 1.807) is 0 Å². The second-order valence-electron chi connectivity index (χ2n) is 3.99. The zero-order chi connectivity index (χ0) is 10.5. The Kier molecular flexibility index (Phi) is 3.51. The summed E-state index contributed by atoms with van der Waals surface area (Å²) in [5, 5.41) is 0. The molecule has 0 amide bonds. The van der Waals surface area contributed by atoms with Gasteiger partial charge in [-0.1, -0.05) is 36.8 Å². The molecule has 1 aliphatic heterocycles. The van der Waals surface area contributed by atoms with E-state index in [1.807, 2.05) is 30.3 Å². The molecule has 15 heavy (non-hydrogen) atoms. The van der Waals surface area contributed by atoms with Gasteiger partial charge in [-0.05, 0) is 12.8 Å². The molecule has 0 N–H and O–H groups in total. The molecular formula is C13H16O2. The Morgan fingerprint density at radius 2 is 2.00 bits per heavy atom. The summed E-state index contributed by atoms with van der Waals surface area (Å²) in [4.78, 5) is 11.7. The molecule has 2 rings (SSSR count).